The van der Waals surface area contributed by atoms with Crippen LogP contribution in [-0.2, 0) is 4.74 Å². The number of hydrogen-bond donors (Lipinski definition) is 0. The van der Waals surface area contributed by atoms with Crippen LogP contribution in [0.3, 0.4) is 0 Å². The van der Waals surface area contributed by atoms with E-state index in [4.69, 9.17) is 4.74 Å². The lowest BCUT2D eigenvalue weighted by atomic mass is 10.1. The van der Waals surface area contributed by atoms with E-state index < -0.39 is 0 Å². The maximum absolute atomic E-state index is 5.74. The first-order valence-electron chi connectivity index (χ1n) is 5.77. The minimum Gasteiger partial charge on any atom is -0.366 e. The lowest BCUT2D eigenvalue weighted by Gasteiger charge is -2.16. The molecule has 0 spiro atoms. The molecule has 17 heavy (non-hydrogen) atoms. The Hall–Kier alpha value is -1.74. The summed E-state index contributed by atoms with van der Waals surface area (Å²) in [4.78, 5) is 8.73. The van der Waals surface area contributed by atoms with Gasteiger partial charge in [-0.2, -0.15) is 0 Å². The average molecular weight is 228 g/mol. The maximum Gasteiger partial charge on any atom is 0.162 e. The summed E-state index contributed by atoms with van der Waals surface area (Å²) in [6, 6.07) is 11.9. The lowest BCUT2D eigenvalue weighted by molar-refractivity contribution is 0.0850. The van der Waals surface area contributed by atoms with Crippen molar-refractivity contribution in [2.45, 2.75) is 20.0 Å². The Morgan fingerprint density at radius 2 is 1.94 bits per heavy atom. The highest BCUT2D eigenvalue weighted by Gasteiger charge is 2.16. The van der Waals surface area contributed by atoms with Crippen molar-refractivity contribution in [2.24, 2.45) is 0 Å². The zero-order valence-corrected chi connectivity index (χ0v) is 10.1. The molecule has 1 heterocycles. The summed E-state index contributed by atoms with van der Waals surface area (Å²) >= 11 is 0. The van der Waals surface area contributed by atoms with Gasteiger partial charge in [0.2, 0.25) is 0 Å². The van der Waals surface area contributed by atoms with E-state index >= 15 is 0 Å². The van der Waals surface area contributed by atoms with Crippen molar-refractivity contribution in [1.29, 1.82) is 0 Å². The summed E-state index contributed by atoms with van der Waals surface area (Å²) < 4.78 is 5.74. The summed E-state index contributed by atoms with van der Waals surface area (Å²) in [5, 5.41) is 0. The highest BCUT2D eigenvalue weighted by molar-refractivity contribution is 5.23. The Kier molecular flexibility index (Phi) is 3.83. The van der Waals surface area contributed by atoms with E-state index in [2.05, 4.69) is 9.97 Å². The van der Waals surface area contributed by atoms with Gasteiger partial charge in [0.1, 0.15) is 6.10 Å². The van der Waals surface area contributed by atoms with Crippen molar-refractivity contribution in [3.05, 3.63) is 59.7 Å². The molecule has 3 nitrogen and oxygen atoms in total. The Bertz CT molecular complexity index is 471. The van der Waals surface area contributed by atoms with Gasteiger partial charge in [-0.25, -0.2) is 9.97 Å². The molecule has 0 radical (unpaired) electrons. The molecule has 0 saturated heterocycles. The summed E-state index contributed by atoms with van der Waals surface area (Å²) in [5.41, 5.74) is 2.04. The molecule has 88 valence electrons. The number of rotatable bonds is 4. The number of aromatic nitrogens is 2. The van der Waals surface area contributed by atoms with Gasteiger partial charge in [-0.15, -0.1) is 0 Å². The minimum atomic E-state index is -0.180. The zero-order valence-electron chi connectivity index (χ0n) is 10.1. The topological polar surface area (TPSA) is 35.0 Å². The number of benzene rings is 1. The molecule has 2 aromatic rings. The molecule has 0 bridgehead atoms. The van der Waals surface area contributed by atoms with E-state index in [1.165, 1.54) is 0 Å². The van der Waals surface area contributed by atoms with Crippen LogP contribution in [0.5, 0.6) is 0 Å². The highest BCUT2D eigenvalue weighted by atomic mass is 16.5. The molecule has 2 rings (SSSR count). The molecule has 0 aliphatic carbocycles. The van der Waals surface area contributed by atoms with Crippen molar-refractivity contribution < 1.29 is 4.74 Å². The third-order valence-corrected chi connectivity index (χ3v) is 2.48. The van der Waals surface area contributed by atoms with E-state index in [0.717, 1.165) is 17.1 Å². The first-order chi connectivity index (χ1) is 8.31. The quantitative estimate of drug-likeness (QED) is 0.807. The number of hydrogen-bond acceptors (Lipinski definition) is 3. The van der Waals surface area contributed by atoms with Crippen LogP contribution in [0, 0.1) is 6.92 Å². The van der Waals surface area contributed by atoms with Crippen molar-refractivity contribution in [3.63, 3.8) is 0 Å². The van der Waals surface area contributed by atoms with Crippen molar-refractivity contribution >= 4 is 0 Å². The third kappa shape index (κ3) is 2.88. The lowest BCUT2D eigenvalue weighted by Crippen LogP contribution is -2.10. The second-order valence-corrected chi connectivity index (χ2v) is 3.80. The van der Waals surface area contributed by atoms with E-state index in [9.17, 15) is 0 Å². The molecule has 0 fully saturated rings. The fraction of sp³-hybridized carbons (Fsp3) is 0.286. The Morgan fingerprint density at radius 3 is 2.59 bits per heavy atom. The van der Waals surface area contributed by atoms with E-state index in [-0.39, 0.29) is 6.10 Å². The standard InChI is InChI=1S/C14H16N2O/c1-3-17-13(12-7-5-4-6-8-12)14-15-10-9-11(2)16-14/h4-10,13H,3H2,1-2H3. The van der Waals surface area contributed by atoms with Gasteiger partial charge in [0, 0.05) is 18.5 Å². The molecular formula is C14H16N2O. The Labute approximate surface area is 102 Å². The number of nitrogens with zero attached hydrogens (tertiary/aromatic N) is 2. The highest BCUT2D eigenvalue weighted by Crippen LogP contribution is 2.22. The molecule has 1 atom stereocenters. The molecular weight excluding hydrogens is 212 g/mol. The van der Waals surface area contributed by atoms with Crippen LogP contribution in [-0.4, -0.2) is 16.6 Å². The summed E-state index contributed by atoms with van der Waals surface area (Å²) in [5.74, 6) is 0.720. The van der Waals surface area contributed by atoms with E-state index in [1.807, 2.05) is 50.2 Å². The second kappa shape index (κ2) is 5.55. The molecule has 0 N–H and O–H groups in total. The van der Waals surface area contributed by atoms with Gasteiger partial charge < -0.3 is 4.74 Å². The molecule has 0 amide bonds. The SMILES string of the molecule is CCOC(c1ccccc1)c1nccc(C)n1. The fourth-order valence-corrected chi connectivity index (χ4v) is 1.71. The molecule has 0 saturated carbocycles. The van der Waals surface area contributed by atoms with Gasteiger partial charge in [0.25, 0.3) is 0 Å². The van der Waals surface area contributed by atoms with Gasteiger partial charge in [-0.1, -0.05) is 30.3 Å². The van der Waals surface area contributed by atoms with Gasteiger partial charge in [-0.05, 0) is 25.5 Å². The van der Waals surface area contributed by atoms with Gasteiger partial charge in [0.05, 0.1) is 0 Å². The van der Waals surface area contributed by atoms with E-state index in [0.29, 0.717) is 6.61 Å². The summed E-state index contributed by atoms with van der Waals surface area (Å²) in [7, 11) is 0. The largest absolute Gasteiger partial charge is 0.366 e. The predicted molar refractivity (Wildman–Crippen MR) is 66.7 cm³/mol. The van der Waals surface area contributed by atoms with Crippen LogP contribution in [0.15, 0.2) is 42.6 Å². The van der Waals surface area contributed by atoms with Crippen molar-refractivity contribution in [3.8, 4) is 0 Å². The summed E-state index contributed by atoms with van der Waals surface area (Å²) in [6.07, 6.45) is 1.59. The van der Waals surface area contributed by atoms with Gasteiger partial charge >= 0.3 is 0 Å². The number of ether oxygens (including phenoxy) is 1. The van der Waals surface area contributed by atoms with Crippen LogP contribution in [0.1, 0.15) is 30.1 Å². The maximum atomic E-state index is 5.74. The molecule has 0 aliphatic heterocycles. The molecule has 1 unspecified atom stereocenters. The van der Waals surface area contributed by atoms with Crippen molar-refractivity contribution in [1.82, 2.24) is 9.97 Å². The molecule has 1 aromatic heterocycles. The molecule has 1 aromatic carbocycles. The first-order valence-corrected chi connectivity index (χ1v) is 5.77. The Morgan fingerprint density at radius 1 is 1.18 bits per heavy atom. The molecule has 0 aliphatic rings. The minimum absolute atomic E-state index is 0.180. The normalized spacial score (nSPS) is 12.4. The van der Waals surface area contributed by atoms with Gasteiger partial charge in [-0.3, -0.25) is 0 Å². The Balaban J connectivity index is 2.35. The fourth-order valence-electron chi connectivity index (χ4n) is 1.71. The molecule has 3 heteroatoms. The number of aryl methyl sites for hydroxylation is 1. The first kappa shape index (κ1) is 11.7. The average Bonchev–Trinajstić information content (AvgIpc) is 2.37. The summed E-state index contributed by atoms with van der Waals surface area (Å²) in [6.45, 7) is 4.57. The van der Waals surface area contributed by atoms with E-state index in [1.54, 1.807) is 6.20 Å². The van der Waals surface area contributed by atoms with Gasteiger partial charge in [0.15, 0.2) is 5.82 Å². The predicted octanol–water partition coefficient (Wildman–Crippen LogP) is 2.91. The zero-order chi connectivity index (χ0) is 12.1. The van der Waals surface area contributed by atoms with Crippen molar-refractivity contribution in [2.75, 3.05) is 6.61 Å². The van der Waals surface area contributed by atoms with Crippen LogP contribution in [0.25, 0.3) is 0 Å². The monoisotopic (exact) mass is 228 g/mol. The van der Waals surface area contributed by atoms with Crippen LogP contribution in [0.4, 0.5) is 0 Å². The third-order valence-electron chi connectivity index (χ3n) is 2.48. The van der Waals surface area contributed by atoms with Crippen LogP contribution in [0.2, 0.25) is 0 Å². The van der Waals surface area contributed by atoms with Crippen LogP contribution >= 0.6 is 0 Å². The van der Waals surface area contributed by atoms with Crippen LogP contribution < -0.4 is 0 Å². The smallest absolute Gasteiger partial charge is 0.162 e. The second-order valence-electron chi connectivity index (χ2n) is 3.80.